The number of halogens is 4. The van der Waals surface area contributed by atoms with Crippen molar-refractivity contribution in [1.29, 1.82) is 0 Å². The zero-order chi connectivity index (χ0) is 28.2. The molecule has 3 rings (SSSR count). The van der Waals surface area contributed by atoms with Gasteiger partial charge in [-0.2, -0.15) is 0 Å². The van der Waals surface area contributed by atoms with Gasteiger partial charge in [0.25, 0.3) is 17.4 Å². The molecule has 0 aromatic carbocycles. The molecule has 0 saturated carbocycles. The Bertz CT molecular complexity index is 1260. The van der Waals surface area contributed by atoms with Crippen molar-refractivity contribution in [2.45, 2.75) is 32.0 Å². The lowest BCUT2D eigenvalue weighted by Gasteiger charge is -2.30. The fourth-order valence-corrected chi connectivity index (χ4v) is 3.68. The number of allylic oxidation sites excluding steroid dienone is 6. The predicted octanol–water partition coefficient (Wildman–Crippen LogP) is 1.94. The summed E-state index contributed by atoms with van der Waals surface area (Å²) < 4.78 is 60.5. The molecule has 3 aliphatic heterocycles. The zero-order valence-electron chi connectivity index (χ0n) is 20.3. The molecule has 4 N–H and O–H groups in total. The molecule has 3 heterocycles. The maximum Gasteiger partial charge on any atom is 0.522 e. The Labute approximate surface area is 214 Å². The van der Waals surface area contributed by atoms with Gasteiger partial charge < -0.3 is 20.3 Å². The summed E-state index contributed by atoms with van der Waals surface area (Å²) in [5, 5.41) is 25.6. The summed E-state index contributed by atoms with van der Waals surface area (Å²) in [7, 11) is 1.34. The molecule has 0 bridgehead atoms. The minimum Gasteiger partial charge on any atom is -0.505 e. The molecule has 14 heteroatoms. The highest BCUT2D eigenvalue weighted by molar-refractivity contribution is 6.51. The summed E-state index contributed by atoms with van der Waals surface area (Å²) in [6, 6.07) is 0. The number of rotatable bonds is 10. The van der Waals surface area contributed by atoms with E-state index in [4.69, 9.17) is 4.74 Å². The summed E-state index contributed by atoms with van der Waals surface area (Å²) in [4.78, 5) is 30.2. The molecule has 0 radical (unpaired) electrons. The number of nitrogens with one attached hydrogen (secondary N) is 2. The Morgan fingerprint density at radius 2 is 2.11 bits per heavy atom. The molecule has 0 fully saturated rings. The van der Waals surface area contributed by atoms with Gasteiger partial charge in [0, 0.05) is 18.3 Å². The third-order valence-electron chi connectivity index (χ3n) is 5.48. The summed E-state index contributed by atoms with van der Waals surface area (Å²) >= 11 is 0. The lowest BCUT2D eigenvalue weighted by atomic mass is 9.89. The second-order valence-electron chi connectivity index (χ2n) is 8.08. The van der Waals surface area contributed by atoms with Crippen molar-refractivity contribution in [1.82, 2.24) is 10.6 Å². The minimum absolute atomic E-state index is 0.0467. The van der Waals surface area contributed by atoms with Crippen LogP contribution in [0.5, 0.6) is 0 Å². The van der Waals surface area contributed by atoms with Crippen molar-refractivity contribution in [2.24, 2.45) is 4.99 Å². The van der Waals surface area contributed by atoms with Gasteiger partial charge in [-0.05, 0) is 26.5 Å². The average Bonchev–Trinajstić information content (AvgIpc) is 2.87. The molecular weight excluding hydrogens is 516 g/mol. The van der Waals surface area contributed by atoms with Crippen molar-refractivity contribution in [3.8, 4) is 0 Å². The lowest BCUT2D eigenvalue weighted by molar-refractivity contribution is -0.386. The molecule has 10 nitrogen and oxygen atoms in total. The number of likely N-dealkylation sites (N-methyl/N-ethyl adjacent to an activating group) is 1. The summed E-state index contributed by atoms with van der Waals surface area (Å²) in [5.74, 6) is -3.39. The smallest absolute Gasteiger partial charge is 0.505 e. The van der Waals surface area contributed by atoms with Crippen LogP contribution in [0.15, 0.2) is 76.3 Å². The van der Waals surface area contributed by atoms with Crippen molar-refractivity contribution >= 4 is 23.2 Å². The number of aliphatic imine (C=N–C) groups is 1. The minimum atomic E-state index is -4.88. The van der Waals surface area contributed by atoms with E-state index in [9.17, 15) is 37.4 Å². The highest BCUT2D eigenvalue weighted by Gasteiger charge is 2.51. The van der Waals surface area contributed by atoms with Gasteiger partial charge in [0.15, 0.2) is 17.0 Å². The SMILES string of the molecule is C=C(C=CC(F)=CC)CC1=CN=C2C(O)=C(C(O)NC)C(=O)[N+]3=C2C1OC(C(=O)NCCOC(F)(F)F)=C3. The van der Waals surface area contributed by atoms with E-state index in [-0.39, 0.29) is 17.8 Å². The number of hydrogen-bond donors (Lipinski definition) is 4. The zero-order valence-corrected chi connectivity index (χ0v) is 20.3. The van der Waals surface area contributed by atoms with Gasteiger partial charge in [0.1, 0.15) is 12.1 Å². The number of hydrogen-bond acceptors (Lipinski definition) is 8. The Balaban J connectivity index is 1.97. The Morgan fingerprint density at radius 3 is 2.74 bits per heavy atom. The second-order valence-corrected chi connectivity index (χ2v) is 8.08. The van der Waals surface area contributed by atoms with Gasteiger partial charge in [-0.15, -0.1) is 17.7 Å². The van der Waals surface area contributed by atoms with Crippen LogP contribution in [0, 0.1) is 0 Å². The standard InChI is InChI=1S/C24H24F4N4O6/c1-4-14(25)6-5-12(2)9-13-10-31-17-18-20(13)38-15(21(34)30-7-8-37-24(26,27)28)11-32(18)23(36)16(19(17)33)22(35)29-3/h4-6,10-11,20,22,29,35H,2,7-9H2,1,3H3,(H-,30,33,34,36)/p+1. The van der Waals surface area contributed by atoms with Gasteiger partial charge in [0.2, 0.25) is 12.3 Å². The van der Waals surface area contributed by atoms with E-state index in [0.29, 0.717) is 11.1 Å². The fourth-order valence-electron chi connectivity index (χ4n) is 3.68. The third-order valence-corrected chi connectivity index (χ3v) is 5.48. The van der Waals surface area contributed by atoms with Gasteiger partial charge in [-0.25, -0.2) is 14.2 Å². The first-order chi connectivity index (χ1) is 17.9. The van der Waals surface area contributed by atoms with Crippen molar-refractivity contribution in [2.75, 3.05) is 20.2 Å². The number of aliphatic hydroxyl groups is 2. The largest absolute Gasteiger partial charge is 0.522 e. The van der Waals surface area contributed by atoms with Crippen LogP contribution >= 0.6 is 0 Å². The van der Waals surface area contributed by atoms with E-state index < -0.39 is 66.6 Å². The van der Waals surface area contributed by atoms with Crippen molar-refractivity contribution in [3.05, 3.63) is 71.3 Å². The Hall–Kier alpha value is -3.88. The number of amides is 2. The number of ether oxygens (including phenoxy) is 2. The summed E-state index contributed by atoms with van der Waals surface area (Å²) in [6.07, 6.45) is -1.41. The number of alkyl halides is 3. The molecule has 0 saturated heterocycles. The first-order valence-electron chi connectivity index (χ1n) is 11.2. The van der Waals surface area contributed by atoms with Crippen LogP contribution in [-0.4, -0.2) is 76.9 Å². The van der Waals surface area contributed by atoms with Crippen LogP contribution in [0.1, 0.15) is 13.3 Å². The molecule has 0 aromatic rings. The molecule has 0 aromatic heterocycles. The van der Waals surface area contributed by atoms with Crippen LogP contribution in [0.25, 0.3) is 0 Å². The molecule has 3 aliphatic rings. The molecule has 2 amide bonds. The predicted molar refractivity (Wildman–Crippen MR) is 126 cm³/mol. The van der Waals surface area contributed by atoms with Crippen molar-refractivity contribution < 1.29 is 51.4 Å². The maximum absolute atomic E-state index is 13.5. The van der Waals surface area contributed by atoms with Gasteiger partial charge in [-0.3, -0.25) is 14.8 Å². The molecule has 38 heavy (non-hydrogen) atoms. The van der Waals surface area contributed by atoms with Crippen LogP contribution in [-0.2, 0) is 19.1 Å². The first-order valence-corrected chi connectivity index (χ1v) is 11.2. The molecule has 2 atom stereocenters. The molecule has 204 valence electrons. The van der Waals surface area contributed by atoms with E-state index in [1.54, 1.807) is 0 Å². The van der Waals surface area contributed by atoms with Gasteiger partial charge >= 0.3 is 12.3 Å². The Kier molecular flexibility index (Phi) is 8.81. The third kappa shape index (κ3) is 6.33. The van der Waals surface area contributed by atoms with Crippen LogP contribution in [0.2, 0.25) is 0 Å². The highest BCUT2D eigenvalue weighted by Crippen LogP contribution is 2.32. The highest BCUT2D eigenvalue weighted by atomic mass is 19.4. The monoisotopic (exact) mass is 541 g/mol. The molecular formula is C24H25F4N4O6+. The number of carbonyl (C=O) groups excluding carboxylic acids is 2. The second kappa shape index (κ2) is 11.7. The first kappa shape index (κ1) is 28.7. The average molecular weight is 541 g/mol. The van der Waals surface area contributed by atoms with Crippen LogP contribution in [0.3, 0.4) is 0 Å². The topological polar surface area (TPSA) is 132 Å². The van der Waals surface area contributed by atoms with Gasteiger partial charge in [-0.1, -0.05) is 24.3 Å². The fraction of sp³-hybridized carbons (Fsp3) is 0.333. The van der Waals surface area contributed by atoms with E-state index in [0.717, 1.165) is 10.8 Å². The normalized spacial score (nSPS) is 20.5. The van der Waals surface area contributed by atoms with Crippen molar-refractivity contribution in [3.63, 3.8) is 0 Å². The van der Waals surface area contributed by atoms with Crippen LogP contribution in [0.4, 0.5) is 17.6 Å². The van der Waals surface area contributed by atoms with E-state index in [2.05, 4.69) is 26.9 Å². The molecule has 0 aliphatic carbocycles. The Morgan fingerprint density at radius 1 is 1.39 bits per heavy atom. The lowest BCUT2D eigenvalue weighted by Crippen LogP contribution is -2.52. The van der Waals surface area contributed by atoms with E-state index >= 15 is 0 Å². The van der Waals surface area contributed by atoms with E-state index in [1.165, 1.54) is 38.4 Å². The van der Waals surface area contributed by atoms with Gasteiger partial charge in [0.05, 0.1) is 6.61 Å². The summed E-state index contributed by atoms with van der Waals surface area (Å²) in [6.45, 7) is 3.98. The maximum atomic E-state index is 13.5. The molecule has 2 unspecified atom stereocenters. The van der Waals surface area contributed by atoms with Crippen LogP contribution < -0.4 is 10.6 Å². The quantitative estimate of drug-likeness (QED) is 0.109. The number of aliphatic hydroxyl groups excluding tert-OH is 2. The number of carbonyl (C=O) groups is 2. The van der Waals surface area contributed by atoms with E-state index in [1.807, 2.05) is 0 Å². The number of nitrogens with zero attached hydrogens (tertiary/aromatic N) is 2. The summed E-state index contributed by atoms with van der Waals surface area (Å²) in [5.41, 5.74) is 0.293. The molecule has 0 spiro atoms.